The van der Waals surface area contributed by atoms with Gasteiger partial charge in [-0.05, 0) is 81.1 Å². The Hall–Kier alpha value is -2.69. The van der Waals surface area contributed by atoms with E-state index >= 15 is 0 Å². The summed E-state index contributed by atoms with van der Waals surface area (Å²) < 4.78 is 27.2. The van der Waals surface area contributed by atoms with Gasteiger partial charge in [-0.15, -0.1) is 0 Å². The second kappa shape index (κ2) is 8.99. The second-order valence-electron chi connectivity index (χ2n) is 7.74. The Morgan fingerprint density at radius 1 is 1.10 bits per heavy atom. The molecule has 0 bridgehead atoms. The van der Waals surface area contributed by atoms with Crippen molar-refractivity contribution in [3.63, 3.8) is 0 Å². The number of anilines is 1. The molecule has 1 aliphatic heterocycles. The van der Waals surface area contributed by atoms with Crippen LogP contribution >= 0.6 is 0 Å². The number of piperidine rings is 1. The van der Waals surface area contributed by atoms with Gasteiger partial charge in [0.1, 0.15) is 0 Å². The predicted molar refractivity (Wildman–Crippen MR) is 117 cm³/mol. The Bertz CT molecular complexity index is 1040. The Kier molecular flexibility index (Phi) is 6.59. The van der Waals surface area contributed by atoms with E-state index in [1.54, 1.807) is 4.90 Å². The SMILES string of the molecule is CCN(C(=O)C1CCN(S(=O)(=O)c2ccc(C#N)cc2)CC1)c1cc(C)cc(C)c1. The first-order valence-electron chi connectivity index (χ1n) is 10.2. The van der Waals surface area contributed by atoms with Crippen molar-refractivity contribution in [2.24, 2.45) is 5.92 Å². The lowest BCUT2D eigenvalue weighted by molar-refractivity contribution is -0.123. The molecule has 1 heterocycles. The molecule has 1 fully saturated rings. The van der Waals surface area contributed by atoms with E-state index < -0.39 is 10.0 Å². The molecule has 0 atom stereocenters. The summed E-state index contributed by atoms with van der Waals surface area (Å²) in [6.45, 7) is 7.18. The summed E-state index contributed by atoms with van der Waals surface area (Å²) in [6.07, 6.45) is 0.991. The predicted octanol–water partition coefficient (Wildman–Crippen LogP) is 3.63. The lowest BCUT2D eigenvalue weighted by Crippen LogP contribution is -2.44. The molecule has 2 aromatic carbocycles. The number of hydrogen-bond donors (Lipinski definition) is 0. The van der Waals surface area contributed by atoms with E-state index in [2.05, 4.69) is 6.07 Å². The number of benzene rings is 2. The molecule has 7 heteroatoms. The molecule has 2 aromatic rings. The van der Waals surface area contributed by atoms with Crippen LogP contribution < -0.4 is 4.90 Å². The summed E-state index contributed by atoms with van der Waals surface area (Å²) in [4.78, 5) is 15.2. The van der Waals surface area contributed by atoms with Crippen LogP contribution in [0.4, 0.5) is 5.69 Å². The Balaban J connectivity index is 1.70. The van der Waals surface area contributed by atoms with Crippen molar-refractivity contribution in [1.82, 2.24) is 4.31 Å². The minimum absolute atomic E-state index is 0.0536. The molecule has 0 radical (unpaired) electrons. The normalized spacial score (nSPS) is 15.5. The molecular weight excluding hydrogens is 398 g/mol. The van der Waals surface area contributed by atoms with Gasteiger partial charge in [0, 0.05) is 31.2 Å². The van der Waals surface area contributed by atoms with Gasteiger partial charge < -0.3 is 4.90 Å². The van der Waals surface area contributed by atoms with Crippen LogP contribution in [0, 0.1) is 31.1 Å². The van der Waals surface area contributed by atoms with Crippen LogP contribution in [0.3, 0.4) is 0 Å². The van der Waals surface area contributed by atoms with Crippen molar-refractivity contribution in [2.75, 3.05) is 24.5 Å². The molecule has 158 valence electrons. The molecule has 0 unspecified atom stereocenters. The van der Waals surface area contributed by atoms with Gasteiger partial charge >= 0.3 is 0 Å². The van der Waals surface area contributed by atoms with E-state index in [9.17, 15) is 13.2 Å². The van der Waals surface area contributed by atoms with Crippen molar-refractivity contribution in [3.05, 3.63) is 59.2 Å². The van der Waals surface area contributed by atoms with Crippen molar-refractivity contribution >= 4 is 21.6 Å². The molecule has 1 amide bonds. The second-order valence-corrected chi connectivity index (χ2v) is 9.68. The van der Waals surface area contributed by atoms with Crippen LogP contribution in [0.5, 0.6) is 0 Å². The molecular formula is C23H27N3O3S. The summed E-state index contributed by atoms with van der Waals surface area (Å²) in [5, 5.41) is 8.89. The third-order valence-electron chi connectivity index (χ3n) is 5.52. The van der Waals surface area contributed by atoms with Gasteiger partial charge in [0.2, 0.25) is 15.9 Å². The van der Waals surface area contributed by atoms with Crippen LogP contribution in [0.25, 0.3) is 0 Å². The van der Waals surface area contributed by atoms with E-state index in [1.807, 2.05) is 39.0 Å². The zero-order chi connectivity index (χ0) is 21.9. The van der Waals surface area contributed by atoms with Crippen LogP contribution in [-0.2, 0) is 14.8 Å². The molecule has 3 rings (SSSR count). The summed E-state index contributed by atoms with van der Waals surface area (Å²) in [7, 11) is -3.63. The van der Waals surface area contributed by atoms with E-state index in [1.165, 1.54) is 28.6 Å². The highest BCUT2D eigenvalue weighted by Crippen LogP contribution is 2.28. The zero-order valence-electron chi connectivity index (χ0n) is 17.6. The highest BCUT2D eigenvalue weighted by atomic mass is 32.2. The largest absolute Gasteiger partial charge is 0.312 e. The van der Waals surface area contributed by atoms with Gasteiger partial charge in [0.25, 0.3) is 0 Å². The topological polar surface area (TPSA) is 81.5 Å². The van der Waals surface area contributed by atoms with Crippen molar-refractivity contribution in [2.45, 2.75) is 38.5 Å². The summed E-state index contributed by atoms with van der Waals surface area (Å²) >= 11 is 0. The third-order valence-corrected chi connectivity index (χ3v) is 7.44. The van der Waals surface area contributed by atoms with Gasteiger partial charge in [-0.25, -0.2) is 8.42 Å². The fraction of sp³-hybridized carbons (Fsp3) is 0.391. The maximum atomic E-state index is 13.2. The van der Waals surface area contributed by atoms with Gasteiger partial charge in [-0.2, -0.15) is 9.57 Å². The van der Waals surface area contributed by atoms with Crippen LogP contribution in [-0.4, -0.2) is 38.3 Å². The van der Waals surface area contributed by atoms with E-state index in [0.717, 1.165) is 16.8 Å². The minimum atomic E-state index is -3.63. The zero-order valence-corrected chi connectivity index (χ0v) is 18.4. The van der Waals surface area contributed by atoms with Gasteiger partial charge in [0.05, 0.1) is 16.5 Å². The van der Waals surface area contributed by atoms with Crippen LogP contribution in [0.2, 0.25) is 0 Å². The molecule has 30 heavy (non-hydrogen) atoms. The molecule has 6 nitrogen and oxygen atoms in total. The number of nitriles is 1. The molecule has 0 aliphatic carbocycles. The van der Waals surface area contributed by atoms with Crippen molar-refractivity contribution < 1.29 is 13.2 Å². The smallest absolute Gasteiger partial charge is 0.243 e. The summed E-state index contributed by atoms with van der Waals surface area (Å²) in [5.74, 6) is -0.142. The van der Waals surface area contributed by atoms with E-state index in [0.29, 0.717) is 38.0 Å². The maximum absolute atomic E-state index is 13.2. The molecule has 0 aromatic heterocycles. The molecule has 1 aliphatic rings. The quantitative estimate of drug-likeness (QED) is 0.733. The van der Waals surface area contributed by atoms with Crippen LogP contribution in [0.15, 0.2) is 47.4 Å². The van der Waals surface area contributed by atoms with Crippen LogP contribution in [0.1, 0.15) is 36.5 Å². The summed E-state index contributed by atoms with van der Waals surface area (Å²) in [6, 6.07) is 14.0. The third kappa shape index (κ3) is 4.55. The number of rotatable bonds is 5. The number of sulfonamides is 1. The first-order valence-corrected chi connectivity index (χ1v) is 11.6. The van der Waals surface area contributed by atoms with E-state index in [4.69, 9.17) is 5.26 Å². The number of carbonyl (C=O) groups excluding carboxylic acids is 1. The first kappa shape index (κ1) is 22.0. The van der Waals surface area contributed by atoms with Gasteiger partial charge in [-0.3, -0.25) is 4.79 Å². The summed E-state index contributed by atoms with van der Waals surface area (Å²) in [5.41, 5.74) is 3.54. The van der Waals surface area contributed by atoms with Crippen molar-refractivity contribution in [1.29, 1.82) is 5.26 Å². The minimum Gasteiger partial charge on any atom is -0.312 e. The monoisotopic (exact) mass is 425 g/mol. The lowest BCUT2D eigenvalue weighted by Gasteiger charge is -2.33. The standard InChI is InChI=1S/C23H27N3O3S/c1-4-26(21-14-17(2)13-18(3)15-21)23(27)20-9-11-25(12-10-20)30(28,29)22-7-5-19(16-24)6-8-22/h5-8,13-15,20H,4,9-12H2,1-3H3. The fourth-order valence-corrected chi connectivity index (χ4v) is 5.46. The number of amides is 1. The van der Waals surface area contributed by atoms with Gasteiger partial charge in [-0.1, -0.05) is 6.07 Å². The Morgan fingerprint density at radius 2 is 1.67 bits per heavy atom. The van der Waals surface area contributed by atoms with E-state index in [-0.39, 0.29) is 16.7 Å². The molecule has 1 saturated heterocycles. The molecule has 0 spiro atoms. The number of hydrogen-bond acceptors (Lipinski definition) is 4. The Morgan fingerprint density at radius 3 is 2.17 bits per heavy atom. The number of carbonyl (C=O) groups is 1. The number of nitrogens with zero attached hydrogens (tertiary/aromatic N) is 3. The van der Waals surface area contributed by atoms with Gasteiger partial charge in [0.15, 0.2) is 0 Å². The highest BCUT2D eigenvalue weighted by molar-refractivity contribution is 7.89. The fourth-order valence-electron chi connectivity index (χ4n) is 3.99. The average molecular weight is 426 g/mol. The number of aryl methyl sites for hydroxylation is 2. The maximum Gasteiger partial charge on any atom is 0.243 e. The average Bonchev–Trinajstić information content (AvgIpc) is 2.73. The lowest BCUT2D eigenvalue weighted by atomic mass is 9.96. The Labute approximate surface area is 178 Å². The molecule has 0 N–H and O–H groups in total. The molecule has 0 saturated carbocycles. The van der Waals surface area contributed by atoms with Crippen molar-refractivity contribution in [3.8, 4) is 6.07 Å². The first-order chi connectivity index (χ1) is 14.3. The highest BCUT2D eigenvalue weighted by Gasteiger charge is 2.34.